The number of rotatable bonds is 3. The Labute approximate surface area is 139 Å². The first kappa shape index (κ1) is 16.5. The molecule has 3 rings (SSSR count). The highest BCUT2D eigenvalue weighted by atomic mass is 16.2. The smallest absolute Gasteiger partial charge is 0.274 e. The van der Waals surface area contributed by atoms with Crippen LogP contribution >= 0.6 is 0 Å². The fourth-order valence-electron chi connectivity index (χ4n) is 3.87. The maximum atomic E-state index is 12.8. The van der Waals surface area contributed by atoms with Crippen LogP contribution in [0.25, 0.3) is 0 Å². The third-order valence-electron chi connectivity index (χ3n) is 5.48. The van der Waals surface area contributed by atoms with Crippen molar-refractivity contribution < 1.29 is 4.79 Å². The summed E-state index contributed by atoms with van der Waals surface area (Å²) in [5.41, 5.74) is 0.610. The Hall–Kier alpha value is -1.36. The maximum absolute atomic E-state index is 12.8. The van der Waals surface area contributed by atoms with Crippen LogP contribution in [0.3, 0.4) is 0 Å². The lowest BCUT2D eigenvalue weighted by molar-refractivity contribution is 0.0751. The molecule has 2 aliphatic heterocycles. The van der Waals surface area contributed by atoms with Gasteiger partial charge in [0, 0.05) is 25.8 Å². The highest BCUT2D eigenvalue weighted by Gasteiger charge is 2.25. The minimum Gasteiger partial charge on any atom is -0.337 e. The van der Waals surface area contributed by atoms with Gasteiger partial charge in [-0.1, -0.05) is 13.8 Å². The Bertz CT molecular complexity index is 519. The predicted molar refractivity (Wildman–Crippen MR) is 91.5 cm³/mol. The third kappa shape index (κ3) is 3.94. The Morgan fingerprint density at radius 3 is 2.87 bits per heavy atom. The third-order valence-corrected chi connectivity index (χ3v) is 5.48. The molecule has 0 aliphatic carbocycles. The van der Waals surface area contributed by atoms with Crippen molar-refractivity contribution in [3.8, 4) is 0 Å². The summed E-state index contributed by atoms with van der Waals surface area (Å²) in [5.74, 6) is 1.57. The summed E-state index contributed by atoms with van der Waals surface area (Å²) in [4.78, 5) is 14.8. The normalized spacial score (nSPS) is 26.3. The van der Waals surface area contributed by atoms with Crippen LogP contribution in [-0.4, -0.2) is 46.8 Å². The highest BCUT2D eigenvalue weighted by Crippen LogP contribution is 2.25. The molecule has 0 aromatic carbocycles. The van der Waals surface area contributed by atoms with Gasteiger partial charge in [-0.05, 0) is 56.6 Å². The molecule has 1 amide bonds. The zero-order valence-corrected chi connectivity index (χ0v) is 14.5. The van der Waals surface area contributed by atoms with E-state index in [1.54, 1.807) is 0 Å². The topological polar surface area (TPSA) is 50.2 Å². The van der Waals surface area contributed by atoms with Crippen molar-refractivity contribution in [3.63, 3.8) is 0 Å². The molecule has 5 heteroatoms. The quantitative estimate of drug-likeness (QED) is 0.932. The number of likely N-dealkylation sites (tertiary alicyclic amines) is 1. The van der Waals surface area contributed by atoms with Crippen molar-refractivity contribution in [1.29, 1.82) is 0 Å². The molecule has 1 aromatic heterocycles. The van der Waals surface area contributed by atoms with Gasteiger partial charge in [0.25, 0.3) is 5.91 Å². The van der Waals surface area contributed by atoms with Crippen LogP contribution in [0.1, 0.15) is 62.5 Å². The van der Waals surface area contributed by atoms with Crippen LogP contribution < -0.4 is 5.32 Å². The minimum atomic E-state index is 0.108. The molecule has 2 saturated heterocycles. The van der Waals surface area contributed by atoms with E-state index in [0.29, 0.717) is 17.7 Å². The van der Waals surface area contributed by atoms with Crippen LogP contribution in [0.4, 0.5) is 0 Å². The molecule has 0 bridgehead atoms. The fourth-order valence-corrected chi connectivity index (χ4v) is 3.87. The lowest BCUT2D eigenvalue weighted by Crippen LogP contribution is -2.34. The molecular weight excluding hydrogens is 288 g/mol. The van der Waals surface area contributed by atoms with Crippen molar-refractivity contribution in [2.75, 3.05) is 26.2 Å². The van der Waals surface area contributed by atoms with E-state index in [2.05, 4.69) is 24.3 Å². The van der Waals surface area contributed by atoms with E-state index in [0.717, 1.165) is 51.4 Å². The number of piperidine rings is 1. The van der Waals surface area contributed by atoms with Crippen molar-refractivity contribution in [1.82, 2.24) is 20.0 Å². The summed E-state index contributed by atoms with van der Waals surface area (Å²) in [5, 5.41) is 7.98. The minimum absolute atomic E-state index is 0.108. The van der Waals surface area contributed by atoms with E-state index in [-0.39, 0.29) is 5.91 Å². The molecule has 2 fully saturated rings. The molecule has 0 saturated carbocycles. The van der Waals surface area contributed by atoms with Crippen LogP contribution in [-0.2, 0) is 0 Å². The molecule has 2 atom stereocenters. The average Bonchev–Trinajstić information content (AvgIpc) is 2.92. The van der Waals surface area contributed by atoms with Gasteiger partial charge in [0.1, 0.15) is 5.69 Å². The number of carbonyl (C=O) groups excluding carboxylic acids is 1. The summed E-state index contributed by atoms with van der Waals surface area (Å²) in [7, 11) is 0. The van der Waals surface area contributed by atoms with Crippen molar-refractivity contribution in [2.24, 2.45) is 11.8 Å². The molecule has 1 aromatic rings. The number of nitrogens with zero attached hydrogens (tertiary/aromatic N) is 3. The van der Waals surface area contributed by atoms with Gasteiger partial charge in [-0.25, -0.2) is 0 Å². The number of hydrogen-bond acceptors (Lipinski definition) is 3. The van der Waals surface area contributed by atoms with Crippen LogP contribution in [0.15, 0.2) is 12.3 Å². The number of carbonyl (C=O) groups is 1. The molecular formula is C18H30N4O. The van der Waals surface area contributed by atoms with E-state index >= 15 is 0 Å². The lowest BCUT2D eigenvalue weighted by Gasteiger charge is -2.23. The molecule has 23 heavy (non-hydrogen) atoms. The number of nitrogens with one attached hydrogen (secondary N) is 1. The molecule has 2 unspecified atom stereocenters. The number of hydrogen-bond donors (Lipinski definition) is 1. The van der Waals surface area contributed by atoms with Gasteiger partial charge < -0.3 is 10.2 Å². The van der Waals surface area contributed by atoms with Crippen LogP contribution in [0.5, 0.6) is 0 Å². The summed E-state index contributed by atoms with van der Waals surface area (Å²) in [6.45, 7) is 8.38. The van der Waals surface area contributed by atoms with Gasteiger partial charge in [0.15, 0.2) is 0 Å². The molecule has 3 heterocycles. The standard InChI is InChI=1S/C18H30N4O/c1-14(2)15-5-4-10-21(11-7-15)18(23)17-8-12-22(20-17)16-6-3-9-19-13-16/h8,12,14-16,19H,3-7,9-11,13H2,1-2H3. The van der Waals surface area contributed by atoms with Crippen molar-refractivity contribution in [2.45, 2.75) is 52.0 Å². The Morgan fingerprint density at radius 2 is 2.13 bits per heavy atom. The van der Waals surface area contributed by atoms with Gasteiger partial charge in [-0.15, -0.1) is 0 Å². The van der Waals surface area contributed by atoms with Crippen molar-refractivity contribution >= 4 is 5.91 Å². The second-order valence-electron chi connectivity index (χ2n) is 7.41. The number of aromatic nitrogens is 2. The zero-order chi connectivity index (χ0) is 16.2. The Kier molecular flexibility index (Phi) is 5.36. The second-order valence-corrected chi connectivity index (χ2v) is 7.41. The summed E-state index contributed by atoms with van der Waals surface area (Å²) < 4.78 is 1.98. The monoisotopic (exact) mass is 318 g/mol. The predicted octanol–water partition coefficient (Wildman–Crippen LogP) is 2.71. The lowest BCUT2D eigenvalue weighted by atomic mass is 9.89. The zero-order valence-electron chi connectivity index (χ0n) is 14.5. The molecule has 128 valence electrons. The fraction of sp³-hybridized carbons (Fsp3) is 0.778. The van der Waals surface area contributed by atoms with Crippen LogP contribution in [0, 0.1) is 11.8 Å². The van der Waals surface area contributed by atoms with E-state index < -0.39 is 0 Å². The molecule has 1 N–H and O–H groups in total. The number of amides is 1. The maximum Gasteiger partial charge on any atom is 0.274 e. The average molecular weight is 318 g/mol. The van der Waals surface area contributed by atoms with Crippen LogP contribution in [0.2, 0.25) is 0 Å². The Morgan fingerprint density at radius 1 is 1.26 bits per heavy atom. The first-order chi connectivity index (χ1) is 11.1. The van der Waals surface area contributed by atoms with E-state index in [1.165, 1.54) is 12.8 Å². The van der Waals surface area contributed by atoms with E-state index in [1.807, 2.05) is 21.8 Å². The molecule has 2 aliphatic rings. The van der Waals surface area contributed by atoms with Gasteiger partial charge >= 0.3 is 0 Å². The largest absolute Gasteiger partial charge is 0.337 e. The van der Waals surface area contributed by atoms with Gasteiger partial charge in [0.2, 0.25) is 0 Å². The summed E-state index contributed by atoms with van der Waals surface area (Å²) in [6, 6.07) is 2.28. The highest BCUT2D eigenvalue weighted by molar-refractivity contribution is 5.92. The van der Waals surface area contributed by atoms with E-state index in [9.17, 15) is 4.79 Å². The van der Waals surface area contributed by atoms with Gasteiger partial charge in [-0.2, -0.15) is 5.10 Å². The molecule has 0 radical (unpaired) electrons. The second kappa shape index (κ2) is 7.47. The van der Waals surface area contributed by atoms with Gasteiger partial charge in [0.05, 0.1) is 6.04 Å². The first-order valence-corrected chi connectivity index (χ1v) is 9.20. The molecule has 0 spiro atoms. The van der Waals surface area contributed by atoms with Gasteiger partial charge in [-0.3, -0.25) is 9.48 Å². The summed E-state index contributed by atoms with van der Waals surface area (Å²) >= 11 is 0. The molecule has 5 nitrogen and oxygen atoms in total. The first-order valence-electron chi connectivity index (χ1n) is 9.20. The summed E-state index contributed by atoms with van der Waals surface area (Å²) in [6.07, 6.45) is 7.76. The SMILES string of the molecule is CC(C)C1CCCN(C(=O)c2ccn(C3CCCNC3)n2)CC1. The Balaban J connectivity index is 1.62. The van der Waals surface area contributed by atoms with Crippen molar-refractivity contribution in [3.05, 3.63) is 18.0 Å². The van der Waals surface area contributed by atoms with E-state index in [4.69, 9.17) is 0 Å².